The van der Waals surface area contributed by atoms with Crippen molar-refractivity contribution in [1.82, 2.24) is 20.0 Å². The van der Waals surface area contributed by atoms with Gasteiger partial charge in [-0.15, -0.1) is 0 Å². The van der Waals surface area contributed by atoms with Crippen molar-refractivity contribution >= 4 is 0 Å². The summed E-state index contributed by atoms with van der Waals surface area (Å²) in [5, 5.41) is 8.23. The summed E-state index contributed by atoms with van der Waals surface area (Å²) in [6.45, 7) is 10.4. The van der Waals surface area contributed by atoms with E-state index < -0.39 is 0 Å². The van der Waals surface area contributed by atoms with Gasteiger partial charge in [0.1, 0.15) is 0 Å². The summed E-state index contributed by atoms with van der Waals surface area (Å²) in [4.78, 5) is 2.68. The molecule has 4 nitrogen and oxygen atoms in total. The van der Waals surface area contributed by atoms with Crippen molar-refractivity contribution in [2.75, 3.05) is 13.1 Å². The monoisotopic (exact) mass is 290 g/mol. The topological polar surface area (TPSA) is 33.1 Å². The van der Waals surface area contributed by atoms with Crippen LogP contribution in [0.5, 0.6) is 0 Å². The zero-order chi connectivity index (χ0) is 15.0. The van der Waals surface area contributed by atoms with Crippen LogP contribution in [0.3, 0.4) is 0 Å². The van der Waals surface area contributed by atoms with Gasteiger partial charge in [0.25, 0.3) is 0 Å². The van der Waals surface area contributed by atoms with Crippen molar-refractivity contribution in [2.45, 2.75) is 58.7 Å². The minimum Gasteiger partial charge on any atom is -0.309 e. The molecule has 1 aromatic rings. The number of hydrogen-bond donors (Lipinski definition) is 1. The molecule has 2 bridgehead atoms. The Bertz CT molecular complexity index is 465. The first-order chi connectivity index (χ1) is 10.1. The van der Waals surface area contributed by atoms with Gasteiger partial charge in [-0.05, 0) is 45.4 Å². The maximum atomic E-state index is 4.36. The van der Waals surface area contributed by atoms with Crippen molar-refractivity contribution in [3.05, 3.63) is 17.5 Å². The lowest BCUT2D eigenvalue weighted by atomic mass is 9.73. The lowest BCUT2D eigenvalue weighted by molar-refractivity contribution is 0.0290. The van der Waals surface area contributed by atoms with Gasteiger partial charge in [-0.2, -0.15) is 5.10 Å². The van der Waals surface area contributed by atoms with E-state index >= 15 is 0 Å². The van der Waals surface area contributed by atoms with E-state index in [2.05, 4.69) is 36.1 Å². The number of fused-ring (bicyclic) bond motifs is 2. The largest absolute Gasteiger partial charge is 0.309 e. The lowest BCUT2D eigenvalue weighted by Gasteiger charge is -2.49. The molecule has 0 spiro atoms. The zero-order valence-electron chi connectivity index (χ0n) is 14.0. The second-order valence-corrected chi connectivity index (χ2v) is 7.28. The van der Waals surface area contributed by atoms with Gasteiger partial charge in [0.2, 0.25) is 0 Å². The molecule has 1 N–H and O–H groups in total. The molecule has 4 heteroatoms. The summed E-state index contributed by atoms with van der Waals surface area (Å²) >= 11 is 0. The fraction of sp³-hybridized carbons (Fsp3) is 0.824. The summed E-state index contributed by atoms with van der Waals surface area (Å²) in [5.74, 6) is 1.66. The van der Waals surface area contributed by atoms with E-state index in [1.54, 1.807) is 0 Å². The average Bonchev–Trinajstić information content (AvgIpc) is 2.75. The van der Waals surface area contributed by atoms with Gasteiger partial charge in [-0.25, -0.2) is 0 Å². The van der Waals surface area contributed by atoms with E-state index in [0.717, 1.165) is 18.4 Å². The Morgan fingerprint density at radius 3 is 2.48 bits per heavy atom. The third kappa shape index (κ3) is 3.02. The molecular weight excluding hydrogens is 260 g/mol. The summed E-state index contributed by atoms with van der Waals surface area (Å²) in [6, 6.07) is 1.39. The highest BCUT2D eigenvalue weighted by atomic mass is 15.3. The highest BCUT2D eigenvalue weighted by Gasteiger charge is 2.39. The lowest BCUT2D eigenvalue weighted by Crippen LogP contribution is -2.58. The molecule has 3 rings (SSSR count). The van der Waals surface area contributed by atoms with Crippen LogP contribution in [0.25, 0.3) is 0 Å². The molecule has 0 aromatic carbocycles. The number of rotatable bonds is 4. The van der Waals surface area contributed by atoms with Crippen molar-refractivity contribution in [3.63, 3.8) is 0 Å². The van der Waals surface area contributed by atoms with Crippen LogP contribution in [0, 0.1) is 18.8 Å². The van der Waals surface area contributed by atoms with Crippen LogP contribution < -0.4 is 5.32 Å². The molecule has 2 atom stereocenters. The quantitative estimate of drug-likeness (QED) is 0.924. The molecule has 2 aliphatic rings. The molecule has 0 radical (unpaired) electrons. The Balaban J connectivity index is 1.64. The molecule has 2 heterocycles. The summed E-state index contributed by atoms with van der Waals surface area (Å²) in [7, 11) is 2.02. The van der Waals surface area contributed by atoms with Crippen LogP contribution in [0.4, 0.5) is 0 Å². The summed E-state index contributed by atoms with van der Waals surface area (Å²) < 4.78 is 1.97. The first kappa shape index (κ1) is 15.0. The van der Waals surface area contributed by atoms with Crippen LogP contribution in [0.1, 0.15) is 44.4 Å². The highest BCUT2D eigenvalue weighted by molar-refractivity contribution is 5.15. The Hall–Kier alpha value is -0.870. The van der Waals surface area contributed by atoms with E-state index in [-0.39, 0.29) is 0 Å². The van der Waals surface area contributed by atoms with Crippen molar-refractivity contribution in [2.24, 2.45) is 18.9 Å². The van der Waals surface area contributed by atoms with E-state index in [4.69, 9.17) is 0 Å². The number of likely N-dealkylation sites (tertiary alicyclic amines) is 1. The first-order valence-corrected chi connectivity index (χ1v) is 8.51. The molecule has 1 aliphatic carbocycles. The Labute approximate surface area is 128 Å². The number of nitrogens with one attached hydrogen (secondary N) is 1. The molecule has 1 aromatic heterocycles. The molecule has 1 aliphatic heterocycles. The van der Waals surface area contributed by atoms with Gasteiger partial charge in [0.05, 0.1) is 6.20 Å². The van der Waals surface area contributed by atoms with Crippen LogP contribution in [0.15, 0.2) is 6.20 Å². The maximum absolute atomic E-state index is 4.36. The van der Waals surface area contributed by atoms with Gasteiger partial charge in [-0.3, -0.25) is 4.68 Å². The smallest absolute Gasteiger partial charge is 0.0537 e. The van der Waals surface area contributed by atoms with E-state index in [1.807, 2.05) is 17.9 Å². The molecule has 21 heavy (non-hydrogen) atoms. The Morgan fingerprint density at radius 1 is 1.29 bits per heavy atom. The standard InChI is InChI=1S/C17H30N4/c1-12(2)21-10-14-6-5-7-15(11-21)17(14)18-8-16-9-19-20(4)13(16)3/h9,12,14-15,17-18H,5-8,10-11H2,1-4H3. The zero-order valence-corrected chi connectivity index (χ0v) is 14.0. The third-order valence-electron chi connectivity index (χ3n) is 5.70. The summed E-state index contributed by atoms with van der Waals surface area (Å²) in [6.07, 6.45) is 6.22. The minimum atomic E-state index is 0.689. The number of nitrogens with zero attached hydrogens (tertiary/aromatic N) is 3. The van der Waals surface area contributed by atoms with Crippen molar-refractivity contribution in [1.29, 1.82) is 0 Å². The molecular formula is C17H30N4. The van der Waals surface area contributed by atoms with Gasteiger partial charge in [0, 0.05) is 50.0 Å². The van der Waals surface area contributed by atoms with E-state index in [0.29, 0.717) is 12.1 Å². The molecule has 2 fully saturated rings. The molecule has 0 amide bonds. The van der Waals surface area contributed by atoms with Crippen molar-refractivity contribution < 1.29 is 0 Å². The molecule has 1 saturated carbocycles. The number of aromatic nitrogens is 2. The second-order valence-electron chi connectivity index (χ2n) is 7.28. The van der Waals surface area contributed by atoms with E-state index in [9.17, 15) is 0 Å². The number of piperidine rings is 1. The second kappa shape index (κ2) is 6.09. The Kier molecular flexibility index (Phi) is 4.36. The van der Waals surface area contributed by atoms with Gasteiger partial charge in [0.15, 0.2) is 0 Å². The minimum absolute atomic E-state index is 0.689. The van der Waals surface area contributed by atoms with Gasteiger partial charge in [-0.1, -0.05) is 6.42 Å². The molecule has 2 unspecified atom stereocenters. The van der Waals surface area contributed by atoms with E-state index in [1.165, 1.54) is 43.6 Å². The molecule has 118 valence electrons. The van der Waals surface area contributed by atoms with Gasteiger partial charge >= 0.3 is 0 Å². The Morgan fingerprint density at radius 2 is 1.95 bits per heavy atom. The van der Waals surface area contributed by atoms with Gasteiger partial charge < -0.3 is 10.2 Å². The predicted octanol–water partition coefficient (Wildman–Crippen LogP) is 2.33. The van der Waals surface area contributed by atoms with Crippen LogP contribution in [0.2, 0.25) is 0 Å². The first-order valence-electron chi connectivity index (χ1n) is 8.51. The van der Waals surface area contributed by atoms with Crippen molar-refractivity contribution in [3.8, 4) is 0 Å². The predicted molar refractivity (Wildman–Crippen MR) is 86.1 cm³/mol. The fourth-order valence-electron chi connectivity index (χ4n) is 4.17. The van der Waals surface area contributed by atoms with Crippen LogP contribution in [-0.4, -0.2) is 39.9 Å². The van der Waals surface area contributed by atoms with Crippen LogP contribution >= 0.6 is 0 Å². The SMILES string of the molecule is Cc1c(CNC2C3CCCC2CN(C(C)C)C3)cnn1C. The number of hydrogen-bond acceptors (Lipinski definition) is 3. The fourth-order valence-corrected chi connectivity index (χ4v) is 4.17. The third-order valence-corrected chi connectivity index (χ3v) is 5.70. The normalized spacial score (nSPS) is 30.0. The maximum Gasteiger partial charge on any atom is 0.0537 e. The molecule has 1 saturated heterocycles. The summed E-state index contributed by atoms with van der Waals surface area (Å²) in [5.41, 5.74) is 2.63. The average molecular weight is 290 g/mol. The highest BCUT2D eigenvalue weighted by Crippen LogP contribution is 2.35. The number of aryl methyl sites for hydroxylation is 1. The van der Waals surface area contributed by atoms with Crippen LogP contribution in [-0.2, 0) is 13.6 Å².